The van der Waals surface area contributed by atoms with Gasteiger partial charge in [0, 0.05) is 44.6 Å². The number of anilines is 1. The Balaban J connectivity index is 1.59. The number of ether oxygens (including phenoxy) is 1. The fraction of sp³-hybridized carbons (Fsp3) is 0.400. The third kappa shape index (κ3) is 3.53. The molecule has 0 N–H and O–H groups in total. The van der Waals surface area contributed by atoms with Crippen LogP contribution in [0.5, 0.6) is 5.88 Å². The highest BCUT2D eigenvalue weighted by Gasteiger charge is 2.24. The van der Waals surface area contributed by atoms with Crippen molar-refractivity contribution in [3.05, 3.63) is 36.3 Å². The Morgan fingerprint density at radius 1 is 1.13 bits per heavy atom. The molecular weight excluding hydrogens is 296 g/mol. The van der Waals surface area contributed by atoms with Gasteiger partial charge in [-0.15, -0.1) is 10.2 Å². The van der Waals surface area contributed by atoms with Crippen molar-refractivity contribution in [2.75, 3.05) is 37.7 Å². The molecule has 0 aromatic carbocycles. The fourth-order valence-electron chi connectivity index (χ4n) is 2.39. The van der Waals surface area contributed by atoms with Crippen molar-refractivity contribution in [2.24, 2.45) is 0 Å². The lowest BCUT2D eigenvalue weighted by atomic mass is 10.2. The molecule has 120 valence electrons. The number of aromatic nitrogens is 4. The molecule has 1 fully saturated rings. The molecule has 8 nitrogen and oxygen atoms in total. The maximum absolute atomic E-state index is 12.4. The van der Waals surface area contributed by atoms with Gasteiger partial charge in [0.2, 0.25) is 11.8 Å². The molecule has 1 aliphatic heterocycles. The summed E-state index contributed by atoms with van der Waals surface area (Å²) in [6.45, 7) is 4.99. The molecule has 0 spiro atoms. The van der Waals surface area contributed by atoms with Crippen molar-refractivity contribution in [3.8, 4) is 5.88 Å². The second-order valence-corrected chi connectivity index (χ2v) is 5.02. The zero-order valence-electron chi connectivity index (χ0n) is 12.9. The van der Waals surface area contributed by atoms with Crippen LogP contribution in [-0.4, -0.2) is 63.8 Å². The van der Waals surface area contributed by atoms with Crippen LogP contribution in [0.1, 0.15) is 17.4 Å². The second kappa shape index (κ2) is 6.99. The third-order valence-corrected chi connectivity index (χ3v) is 3.55. The van der Waals surface area contributed by atoms with Gasteiger partial charge in [-0.2, -0.15) is 0 Å². The quantitative estimate of drug-likeness (QED) is 0.818. The number of hydrogen-bond donors (Lipinski definition) is 0. The highest BCUT2D eigenvalue weighted by molar-refractivity contribution is 5.92. The van der Waals surface area contributed by atoms with E-state index in [1.54, 1.807) is 35.5 Å². The molecule has 0 unspecified atom stereocenters. The summed E-state index contributed by atoms with van der Waals surface area (Å²) in [6, 6.07) is 5.10. The predicted octanol–water partition coefficient (Wildman–Crippen LogP) is 0.628. The summed E-state index contributed by atoms with van der Waals surface area (Å²) in [4.78, 5) is 24.7. The Bertz CT molecular complexity index is 641. The summed E-state index contributed by atoms with van der Waals surface area (Å²) < 4.78 is 5.23. The zero-order chi connectivity index (χ0) is 16.1. The van der Waals surface area contributed by atoms with Gasteiger partial charge in [0.1, 0.15) is 0 Å². The van der Waals surface area contributed by atoms with Crippen LogP contribution in [0.25, 0.3) is 0 Å². The molecule has 8 heteroatoms. The van der Waals surface area contributed by atoms with Crippen molar-refractivity contribution >= 4 is 11.9 Å². The first kappa shape index (κ1) is 15.1. The smallest absolute Gasteiger partial charge is 0.274 e. The van der Waals surface area contributed by atoms with Crippen molar-refractivity contribution < 1.29 is 9.53 Å². The maximum atomic E-state index is 12.4. The van der Waals surface area contributed by atoms with Gasteiger partial charge in [-0.1, -0.05) is 0 Å². The Morgan fingerprint density at radius 2 is 1.87 bits per heavy atom. The van der Waals surface area contributed by atoms with Gasteiger partial charge in [-0.25, -0.2) is 9.97 Å². The standard InChI is InChI=1S/C15H18N6O2/c1-2-23-13-5-4-12(18-19-13)14(22)20-8-10-21(11-9-20)15-16-6-3-7-17-15/h3-7H,2,8-11H2,1H3. The highest BCUT2D eigenvalue weighted by Crippen LogP contribution is 2.12. The van der Waals surface area contributed by atoms with E-state index in [4.69, 9.17) is 4.74 Å². The highest BCUT2D eigenvalue weighted by atomic mass is 16.5. The van der Waals surface area contributed by atoms with E-state index in [1.807, 2.05) is 6.92 Å². The minimum atomic E-state index is -0.117. The minimum absolute atomic E-state index is 0.117. The number of hydrogen-bond acceptors (Lipinski definition) is 7. The monoisotopic (exact) mass is 314 g/mol. The second-order valence-electron chi connectivity index (χ2n) is 5.02. The first-order chi connectivity index (χ1) is 11.3. The zero-order valence-corrected chi connectivity index (χ0v) is 12.9. The average molecular weight is 314 g/mol. The van der Waals surface area contributed by atoms with Gasteiger partial charge >= 0.3 is 0 Å². The molecule has 23 heavy (non-hydrogen) atoms. The lowest BCUT2D eigenvalue weighted by Crippen LogP contribution is -2.49. The number of nitrogens with zero attached hydrogens (tertiary/aromatic N) is 6. The van der Waals surface area contributed by atoms with E-state index in [9.17, 15) is 4.79 Å². The number of piperazine rings is 1. The summed E-state index contributed by atoms with van der Waals surface area (Å²) in [5.41, 5.74) is 0.331. The van der Waals surface area contributed by atoms with Gasteiger partial charge < -0.3 is 14.5 Å². The van der Waals surface area contributed by atoms with Crippen LogP contribution in [0.2, 0.25) is 0 Å². The molecule has 0 atom stereocenters. The van der Waals surface area contributed by atoms with E-state index in [0.717, 1.165) is 0 Å². The van der Waals surface area contributed by atoms with E-state index < -0.39 is 0 Å². The molecule has 0 aliphatic carbocycles. The maximum Gasteiger partial charge on any atom is 0.274 e. The summed E-state index contributed by atoms with van der Waals surface area (Å²) in [6.07, 6.45) is 3.44. The summed E-state index contributed by atoms with van der Waals surface area (Å²) in [7, 11) is 0. The van der Waals surface area contributed by atoms with Gasteiger partial charge in [0.05, 0.1) is 6.61 Å². The lowest BCUT2D eigenvalue weighted by molar-refractivity contribution is 0.0739. The van der Waals surface area contributed by atoms with E-state index in [-0.39, 0.29) is 5.91 Å². The van der Waals surface area contributed by atoms with E-state index in [1.165, 1.54) is 0 Å². The summed E-state index contributed by atoms with van der Waals surface area (Å²) >= 11 is 0. The van der Waals surface area contributed by atoms with Crippen LogP contribution in [0.3, 0.4) is 0 Å². The molecule has 0 radical (unpaired) electrons. The van der Waals surface area contributed by atoms with E-state index in [2.05, 4.69) is 25.1 Å². The van der Waals surface area contributed by atoms with Gasteiger partial charge in [0.15, 0.2) is 5.69 Å². The van der Waals surface area contributed by atoms with Crippen LogP contribution >= 0.6 is 0 Å². The number of carbonyl (C=O) groups excluding carboxylic acids is 1. The third-order valence-electron chi connectivity index (χ3n) is 3.55. The molecule has 1 aliphatic rings. The van der Waals surface area contributed by atoms with Crippen LogP contribution in [-0.2, 0) is 0 Å². The molecule has 0 saturated carbocycles. The normalized spacial score (nSPS) is 14.7. The number of carbonyl (C=O) groups is 1. The van der Waals surface area contributed by atoms with Crippen LogP contribution in [0.15, 0.2) is 30.6 Å². The van der Waals surface area contributed by atoms with Gasteiger partial charge in [-0.3, -0.25) is 4.79 Å². The van der Waals surface area contributed by atoms with Gasteiger partial charge in [-0.05, 0) is 19.1 Å². The van der Waals surface area contributed by atoms with Crippen LogP contribution in [0, 0.1) is 0 Å². The van der Waals surface area contributed by atoms with Crippen molar-refractivity contribution in [2.45, 2.75) is 6.92 Å². The Morgan fingerprint density at radius 3 is 2.48 bits per heavy atom. The first-order valence-electron chi connectivity index (χ1n) is 7.55. The van der Waals surface area contributed by atoms with Crippen LogP contribution < -0.4 is 9.64 Å². The molecule has 3 heterocycles. The molecule has 2 aromatic heterocycles. The molecule has 1 amide bonds. The summed E-state index contributed by atoms with van der Waals surface area (Å²) in [5.74, 6) is 1.00. The fourth-order valence-corrected chi connectivity index (χ4v) is 2.39. The van der Waals surface area contributed by atoms with E-state index >= 15 is 0 Å². The first-order valence-corrected chi connectivity index (χ1v) is 7.55. The van der Waals surface area contributed by atoms with E-state index in [0.29, 0.717) is 50.3 Å². The molecule has 1 saturated heterocycles. The molecule has 0 bridgehead atoms. The Kier molecular flexibility index (Phi) is 4.60. The topological polar surface area (TPSA) is 84.3 Å². The minimum Gasteiger partial charge on any atom is -0.477 e. The lowest BCUT2D eigenvalue weighted by Gasteiger charge is -2.34. The molecule has 2 aromatic rings. The predicted molar refractivity (Wildman–Crippen MR) is 83.3 cm³/mol. The van der Waals surface area contributed by atoms with Crippen molar-refractivity contribution in [1.29, 1.82) is 0 Å². The molecule has 3 rings (SSSR count). The Hall–Kier alpha value is -2.77. The largest absolute Gasteiger partial charge is 0.477 e. The number of amides is 1. The van der Waals surface area contributed by atoms with Crippen molar-refractivity contribution in [1.82, 2.24) is 25.1 Å². The Labute approximate surface area is 134 Å². The van der Waals surface area contributed by atoms with Crippen molar-refractivity contribution in [3.63, 3.8) is 0 Å². The number of rotatable bonds is 4. The average Bonchev–Trinajstić information content (AvgIpc) is 2.63. The molecular formula is C15H18N6O2. The van der Waals surface area contributed by atoms with Gasteiger partial charge in [0.25, 0.3) is 5.91 Å². The summed E-state index contributed by atoms with van der Waals surface area (Å²) in [5, 5.41) is 7.84. The van der Waals surface area contributed by atoms with Crippen LogP contribution in [0.4, 0.5) is 5.95 Å². The SMILES string of the molecule is CCOc1ccc(C(=O)N2CCN(c3ncccn3)CC2)nn1.